The summed E-state index contributed by atoms with van der Waals surface area (Å²) in [6.07, 6.45) is 2.25. The Morgan fingerprint density at radius 1 is 1.30 bits per heavy atom. The van der Waals surface area contributed by atoms with Crippen LogP contribution in [-0.4, -0.2) is 58.6 Å². The van der Waals surface area contributed by atoms with Crippen LogP contribution in [0.2, 0.25) is 0 Å². The van der Waals surface area contributed by atoms with Gasteiger partial charge in [-0.2, -0.15) is 13.6 Å². The van der Waals surface area contributed by atoms with E-state index in [2.05, 4.69) is 19.5 Å². The minimum atomic E-state index is -5.76. The Kier molecular flexibility index (Phi) is 8.12. The molecule has 0 saturated carbocycles. The third-order valence-electron chi connectivity index (χ3n) is 4.43. The summed E-state index contributed by atoms with van der Waals surface area (Å²) in [6, 6.07) is 1.23. The summed E-state index contributed by atoms with van der Waals surface area (Å²) >= 11 is 0. The first-order valence-corrected chi connectivity index (χ1v) is 13.2. The van der Waals surface area contributed by atoms with Gasteiger partial charge in [-0.05, 0) is 13.0 Å². The van der Waals surface area contributed by atoms with Crippen LogP contribution in [0.5, 0.6) is 0 Å². The molecule has 0 aromatic carbocycles. The van der Waals surface area contributed by atoms with E-state index in [4.69, 9.17) is 36.9 Å². The second-order valence-electron chi connectivity index (χ2n) is 6.76. The number of nitrogens with zero attached hydrogens (tertiary/aromatic N) is 2. The Labute approximate surface area is 185 Å². The van der Waals surface area contributed by atoms with E-state index in [1.807, 2.05) is 0 Å². The second-order valence-corrected chi connectivity index (χ2v) is 11.1. The fourth-order valence-corrected chi connectivity index (χ4v) is 6.35. The first kappa shape index (κ1) is 27.8. The van der Waals surface area contributed by atoms with Crippen LogP contribution in [0.4, 0.5) is 5.82 Å². The standard InChI is InChI=1S/C13H21N4O13P3/c1-3-13(15)8(6-18)10(27-11(13)17-5-4-9(14)16-12(17)19)7(2)28-32(23,24)30-33(25,26)29-31(20,21)22/h1,4-5,7-8,10-11,18H,6,15H2,2H3,(H,23,24)(H,25,26)(H2,14,16,19)(H2,20,21,22)/t7-,8?,10+,11+,13?/m0/s1. The van der Waals surface area contributed by atoms with Gasteiger partial charge < -0.3 is 40.9 Å². The fourth-order valence-electron chi connectivity index (χ4n) is 3.15. The van der Waals surface area contributed by atoms with Crippen LogP contribution in [0.1, 0.15) is 13.2 Å². The summed E-state index contributed by atoms with van der Waals surface area (Å²) in [5.41, 5.74) is 8.86. The summed E-state index contributed by atoms with van der Waals surface area (Å²) in [7, 11) is -16.9. The molecule has 1 aromatic heterocycles. The summed E-state index contributed by atoms with van der Waals surface area (Å²) in [5.74, 6) is 0.868. The molecule has 20 heteroatoms. The molecule has 7 atom stereocenters. The number of nitrogens with two attached hydrogens (primary N) is 2. The van der Waals surface area contributed by atoms with E-state index in [1.165, 1.54) is 6.07 Å². The van der Waals surface area contributed by atoms with Gasteiger partial charge in [-0.15, -0.1) is 6.42 Å². The van der Waals surface area contributed by atoms with Gasteiger partial charge in [0.25, 0.3) is 0 Å². The molecular formula is C13H21N4O13P3. The molecule has 2 rings (SSSR count). The number of terminal acetylenes is 1. The molecule has 33 heavy (non-hydrogen) atoms. The van der Waals surface area contributed by atoms with E-state index in [0.717, 1.165) is 17.7 Å². The molecule has 1 aliphatic rings. The topological polar surface area (TPSA) is 276 Å². The molecule has 1 aliphatic heterocycles. The lowest BCUT2D eigenvalue weighted by atomic mass is 9.82. The second kappa shape index (κ2) is 9.65. The zero-order valence-corrected chi connectivity index (χ0v) is 19.3. The van der Waals surface area contributed by atoms with Crippen molar-refractivity contribution < 1.29 is 56.3 Å². The zero-order valence-electron chi connectivity index (χ0n) is 16.6. The highest BCUT2D eigenvalue weighted by Crippen LogP contribution is 2.66. The molecule has 9 N–H and O–H groups in total. The number of hydrogen-bond acceptors (Lipinski definition) is 12. The van der Waals surface area contributed by atoms with E-state index in [0.29, 0.717) is 0 Å². The van der Waals surface area contributed by atoms with Crippen LogP contribution < -0.4 is 17.2 Å². The van der Waals surface area contributed by atoms with E-state index >= 15 is 0 Å². The smallest absolute Gasteiger partial charge is 0.396 e. The van der Waals surface area contributed by atoms with Crippen LogP contribution in [-0.2, 0) is 31.6 Å². The Balaban J connectivity index is 2.32. The Hall–Kier alpha value is -1.47. The van der Waals surface area contributed by atoms with E-state index in [1.54, 1.807) is 0 Å². The van der Waals surface area contributed by atoms with Gasteiger partial charge in [0.15, 0.2) is 6.23 Å². The number of aliphatic hydroxyl groups is 1. The molecule has 0 bridgehead atoms. The van der Waals surface area contributed by atoms with Crippen LogP contribution in [0.25, 0.3) is 0 Å². The van der Waals surface area contributed by atoms with E-state index in [-0.39, 0.29) is 5.82 Å². The molecule has 2 heterocycles. The summed E-state index contributed by atoms with van der Waals surface area (Å²) in [4.78, 5) is 51.9. The number of aromatic nitrogens is 2. The Bertz CT molecular complexity index is 1130. The zero-order chi connectivity index (χ0) is 25.4. The van der Waals surface area contributed by atoms with Crippen molar-refractivity contribution in [3.63, 3.8) is 0 Å². The normalized spacial score (nSPS) is 30.2. The molecule has 17 nitrogen and oxygen atoms in total. The van der Waals surface area contributed by atoms with Crippen molar-refractivity contribution in [3.8, 4) is 12.3 Å². The maximum atomic E-state index is 12.2. The minimum absolute atomic E-state index is 0.117. The summed E-state index contributed by atoms with van der Waals surface area (Å²) in [5, 5.41) is 9.85. The molecular weight excluding hydrogens is 513 g/mol. The van der Waals surface area contributed by atoms with Gasteiger partial charge in [0.2, 0.25) is 0 Å². The van der Waals surface area contributed by atoms with Crippen molar-refractivity contribution in [2.75, 3.05) is 12.3 Å². The number of phosphoric acid groups is 3. The van der Waals surface area contributed by atoms with Gasteiger partial charge in [0.1, 0.15) is 11.4 Å². The maximum absolute atomic E-state index is 12.2. The predicted octanol–water partition coefficient (Wildman–Crippen LogP) is -1.61. The summed E-state index contributed by atoms with van der Waals surface area (Å²) in [6.45, 7) is 0.345. The monoisotopic (exact) mass is 534 g/mol. The highest BCUT2D eigenvalue weighted by Gasteiger charge is 2.57. The predicted molar refractivity (Wildman–Crippen MR) is 108 cm³/mol. The van der Waals surface area contributed by atoms with Crippen molar-refractivity contribution >= 4 is 29.3 Å². The van der Waals surface area contributed by atoms with Gasteiger partial charge in [-0.1, -0.05) is 5.92 Å². The number of anilines is 1. The first-order chi connectivity index (χ1) is 14.9. The molecule has 1 saturated heterocycles. The van der Waals surface area contributed by atoms with Crippen molar-refractivity contribution in [1.29, 1.82) is 0 Å². The molecule has 0 radical (unpaired) electrons. The van der Waals surface area contributed by atoms with Gasteiger partial charge in [-0.3, -0.25) is 9.09 Å². The van der Waals surface area contributed by atoms with Crippen molar-refractivity contribution in [2.45, 2.75) is 30.9 Å². The first-order valence-electron chi connectivity index (χ1n) is 8.64. The number of ether oxygens (including phenoxy) is 1. The summed E-state index contributed by atoms with van der Waals surface area (Å²) < 4.78 is 52.9. The number of nitrogen functional groups attached to an aromatic ring is 1. The third kappa shape index (κ3) is 6.56. The van der Waals surface area contributed by atoms with E-state index in [9.17, 15) is 33.4 Å². The molecule has 1 aromatic rings. The largest absolute Gasteiger partial charge is 0.490 e. The van der Waals surface area contributed by atoms with Crippen LogP contribution in [0.3, 0.4) is 0 Å². The lowest BCUT2D eigenvalue weighted by molar-refractivity contribution is -0.0682. The van der Waals surface area contributed by atoms with Gasteiger partial charge in [0, 0.05) is 12.1 Å². The number of rotatable bonds is 9. The number of hydrogen-bond donors (Lipinski definition) is 7. The molecule has 186 valence electrons. The lowest BCUT2D eigenvalue weighted by Crippen LogP contribution is -2.53. The van der Waals surface area contributed by atoms with Gasteiger partial charge >= 0.3 is 29.2 Å². The maximum Gasteiger partial charge on any atom is 0.490 e. The molecule has 0 spiro atoms. The average Bonchev–Trinajstić information content (AvgIpc) is 2.91. The Morgan fingerprint density at radius 3 is 2.39 bits per heavy atom. The number of phosphoric ester groups is 1. The average molecular weight is 534 g/mol. The van der Waals surface area contributed by atoms with Gasteiger partial charge in [0.05, 0.1) is 18.8 Å². The number of aliphatic hydroxyl groups excluding tert-OH is 1. The highest BCUT2D eigenvalue weighted by molar-refractivity contribution is 7.66. The third-order valence-corrected chi connectivity index (χ3v) is 8.36. The lowest BCUT2D eigenvalue weighted by Gasteiger charge is -2.30. The quantitative estimate of drug-likeness (QED) is 0.139. The molecule has 0 aliphatic carbocycles. The van der Waals surface area contributed by atoms with Gasteiger partial charge in [-0.25, -0.2) is 18.5 Å². The van der Waals surface area contributed by atoms with Crippen LogP contribution in [0, 0.1) is 18.3 Å². The Morgan fingerprint density at radius 2 is 1.91 bits per heavy atom. The van der Waals surface area contributed by atoms with Crippen molar-refractivity contribution in [1.82, 2.24) is 9.55 Å². The van der Waals surface area contributed by atoms with E-state index < -0.39 is 65.7 Å². The SMILES string of the molecule is C#CC1(N)C(CO)[C@@H]([C@H](C)OP(=O)(O)OP(=O)(O)OP(=O)(O)O)O[C@H]1n1ccc(N)nc1=O. The molecule has 1 fully saturated rings. The minimum Gasteiger partial charge on any atom is -0.396 e. The fraction of sp³-hybridized carbons (Fsp3) is 0.538. The molecule has 0 amide bonds. The molecule has 4 unspecified atom stereocenters. The van der Waals surface area contributed by atoms with Crippen molar-refractivity contribution in [3.05, 3.63) is 22.7 Å². The van der Waals surface area contributed by atoms with Crippen LogP contribution >= 0.6 is 23.5 Å². The highest BCUT2D eigenvalue weighted by atomic mass is 31.3. The van der Waals surface area contributed by atoms with Crippen LogP contribution in [0.15, 0.2) is 17.1 Å². The van der Waals surface area contributed by atoms with Crippen molar-refractivity contribution in [2.24, 2.45) is 11.7 Å².